The number of ketones is 1. The van der Waals surface area contributed by atoms with E-state index in [0.29, 0.717) is 22.5 Å². The van der Waals surface area contributed by atoms with Crippen LogP contribution in [0.1, 0.15) is 21.5 Å². The zero-order chi connectivity index (χ0) is 15.0. The van der Waals surface area contributed by atoms with Crippen LogP contribution in [0.2, 0.25) is 0 Å². The second kappa shape index (κ2) is 4.84. The van der Waals surface area contributed by atoms with E-state index in [9.17, 15) is 13.6 Å². The number of carbonyl (C=O) groups excluding carboxylic acids is 1. The summed E-state index contributed by atoms with van der Waals surface area (Å²) in [6.07, 6.45) is 1.43. The van der Waals surface area contributed by atoms with Crippen LogP contribution in [0.4, 0.5) is 8.78 Å². The van der Waals surface area contributed by atoms with Crippen molar-refractivity contribution in [3.05, 3.63) is 70.9 Å². The third kappa shape index (κ3) is 2.07. The molecular weight excluding hydrogens is 274 g/mol. The van der Waals surface area contributed by atoms with Crippen molar-refractivity contribution in [3.63, 3.8) is 0 Å². The highest BCUT2D eigenvalue weighted by molar-refractivity contribution is 6.17. The Balaban J connectivity index is 2.21. The third-order valence-electron chi connectivity index (χ3n) is 3.25. The Morgan fingerprint density at radius 2 is 1.95 bits per heavy atom. The first-order valence-corrected chi connectivity index (χ1v) is 6.12. The Bertz CT molecular complexity index is 906. The predicted octanol–water partition coefficient (Wildman–Crippen LogP) is 3.55. The van der Waals surface area contributed by atoms with Gasteiger partial charge in [-0.25, -0.2) is 8.78 Å². The van der Waals surface area contributed by atoms with Crippen LogP contribution in [-0.2, 0) is 0 Å². The summed E-state index contributed by atoms with van der Waals surface area (Å²) in [5.74, 6) is -2.27. The van der Waals surface area contributed by atoms with Gasteiger partial charge in [0.2, 0.25) is 0 Å². The molecule has 5 heteroatoms. The Hall–Kier alpha value is -3.00. The molecule has 1 heterocycles. The second-order valence-electron chi connectivity index (χ2n) is 4.50. The Labute approximate surface area is 118 Å². The number of carbonyl (C=O) groups is 1. The number of rotatable bonds is 2. The fourth-order valence-corrected chi connectivity index (χ4v) is 2.28. The molecule has 0 fully saturated rings. The lowest BCUT2D eigenvalue weighted by Gasteiger charge is -2.02. The number of benzene rings is 2. The largest absolute Gasteiger partial charge is 0.360 e. The van der Waals surface area contributed by atoms with Crippen molar-refractivity contribution in [2.75, 3.05) is 0 Å². The lowest BCUT2D eigenvalue weighted by atomic mass is 9.99. The van der Waals surface area contributed by atoms with Gasteiger partial charge in [0.25, 0.3) is 0 Å². The van der Waals surface area contributed by atoms with E-state index in [1.165, 1.54) is 6.20 Å². The summed E-state index contributed by atoms with van der Waals surface area (Å²) in [4.78, 5) is 15.3. The first-order chi connectivity index (χ1) is 10.1. The summed E-state index contributed by atoms with van der Waals surface area (Å²) < 4.78 is 26.7. The highest BCUT2D eigenvalue weighted by Gasteiger charge is 2.19. The van der Waals surface area contributed by atoms with E-state index in [0.717, 1.165) is 12.1 Å². The fraction of sp³-hybridized carbons (Fsp3) is 0. The average molecular weight is 282 g/mol. The van der Waals surface area contributed by atoms with Crippen LogP contribution >= 0.6 is 0 Å². The first-order valence-electron chi connectivity index (χ1n) is 6.12. The standard InChI is InChI=1S/C16H8F2N2O/c17-10-4-5-11(13(18)6-10)16(21)12-8-20-14-3-1-2-9(7-19)15(12)14/h1-6,8,20H. The van der Waals surface area contributed by atoms with E-state index >= 15 is 0 Å². The number of hydrogen-bond donors (Lipinski definition) is 1. The highest BCUT2D eigenvalue weighted by atomic mass is 19.1. The van der Waals surface area contributed by atoms with Crippen LogP contribution in [0.5, 0.6) is 0 Å². The molecule has 0 bridgehead atoms. The van der Waals surface area contributed by atoms with Crippen molar-refractivity contribution in [2.24, 2.45) is 0 Å². The molecular formula is C16H8F2N2O. The molecule has 0 spiro atoms. The zero-order valence-electron chi connectivity index (χ0n) is 10.7. The molecule has 0 amide bonds. The minimum atomic E-state index is -0.927. The highest BCUT2D eigenvalue weighted by Crippen LogP contribution is 2.25. The van der Waals surface area contributed by atoms with Crippen LogP contribution in [0.15, 0.2) is 42.6 Å². The lowest BCUT2D eigenvalue weighted by molar-refractivity contribution is 0.103. The van der Waals surface area contributed by atoms with Gasteiger partial charge < -0.3 is 4.98 Å². The van der Waals surface area contributed by atoms with Gasteiger partial charge in [-0.2, -0.15) is 5.26 Å². The minimum absolute atomic E-state index is 0.188. The quantitative estimate of drug-likeness (QED) is 0.731. The van der Waals surface area contributed by atoms with Gasteiger partial charge in [-0.3, -0.25) is 4.79 Å². The van der Waals surface area contributed by atoms with Crippen LogP contribution < -0.4 is 0 Å². The van der Waals surface area contributed by atoms with Gasteiger partial charge in [-0.05, 0) is 24.3 Å². The Kier molecular flexibility index (Phi) is 2.99. The Morgan fingerprint density at radius 3 is 2.67 bits per heavy atom. The molecule has 3 rings (SSSR count). The molecule has 1 N–H and O–H groups in total. The molecule has 3 nitrogen and oxygen atoms in total. The molecule has 3 aromatic rings. The van der Waals surface area contributed by atoms with E-state index in [2.05, 4.69) is 4.98 Å². The number of hydrogen-bond acceptors (Lipinski definition) is 2. The van der Waals surface area contributed by atoms with Crippen molar-refractivity contribution < 1.29 is 13.6 Å². The molecule has 0 atom stereocenters. The van der Waals surface area contributed by atoms with Crippen molar-refractivity contribution >= 4 is 16.7 Å². The fourth-order valence-electron chi connectivity index (χ4n) is 2.28. The van der Waals surface area contributed by atoms with Crippen molar-refractivity contribution in [1.29, 1.82) is 5.26 Å². The van der Waals surface area contributed by atoms with E-state index < -0.39 is 17.4 Å². The first kappa shape index (κ1) is 13.0. The van der Waals surface area contributed by atoms with Crippen molar-refractivity contribution in [1.82, 2.24) is 4.98 Å². The van der Waals surface area contributed by atoms with Crippen LogP contribution in [0.25, 0.3) is 10.9 Å². The molecule has 0 radical (unpaired) electrons. The predicted molar refractivity (Wildman–Crippen MR) is 72.8 cm³/mol. The van der Waals surface area contributed by atoms with Crippen LogP contribution in [0.3, 0.4) is 0 Å². The van der Waals surface area contributed by atoms with Gasteiger partial charge >= 0.3 is 0 Å². The molecule has 0 saturated heterocycles. The second-order valence-corrected chi connectivity index (χ2v) is 4.50. The maximum atomic E-state index is 13.7. The molecule has 21 heavy (non-hydrogen) atoms. The monoisotopic (exact) mass is 282 g/mol. The molecule has 0 aliphatic heterocycles. The van der Waals surface area contributed by atoms with Gasteiger partial charge in [0, 0.05) is 28.7 Å². The number of nitrogens with zero attached hydrogens (tertiary/aromatic N) is 1. The van der Waals surface area contributed by atoms with Gasteiger partial charge in [0.15, 0.2) is 5.78 Å². The molecule has 1 aromatic heterocycles. The van der Waals surface area contributed by atoms with Gasteiger partial charge in [0.05, 0.1) is 17.2 Å². The number of aromatic nitrogens is 1. The van der Waals surface area contributed by atoms with Gasteiger partial charge in [-0.1, -0.05) is 6.07 Å². The molecule has 102 valence electrons. The maximum absolute atomic E-state index is 13.7. The SMILES string of the molecule is N#Cc1cccc2[nH]cc(C(=O)c3ccc(F)cc3F)c12. The number of halogens is 2. The smallest absolute Gasteiger partial charge is 0.198 e. The van der Waals surface area contributed by atoms with E-state index in [1.54, 1.807) is 18.2 Å². The summed E-state index contributed by atoms with van der Waals surface area (Å²) in [6.45, 7) is 0. The zero-order valence-corrected chi connectivity index (χ0v) is 10.7. The summed E-state index contributed by atoms with van der Waals surface area (Å²) in [6, 6.07) is 9.76. The topological polar surface area (TPSA) is 56.6 Å². The number of fused-ring (bicyclic) bond motifs is 1. The molecule has 0 aliphatic rings. The molecule has 0 saturated carbocycles. The third-order valence-corrected chi connectivity index (χ3v) is 3.25. The molecule has 2 aromatic carbocycles. The number of aromatic amines is 1. The molecule has 0 unspecified atom stereocenters. The summed E-state index contributed by atoms with van der Waals surface area (Å²) in [5, 5.41) is 9.56. The van der Waals surface area contributed by atoms with E-state index in [4.69, 9.17) is 5.26 Å². The van der Waals surface area contributed by atoms with Crippen molar-refractivity contribution in [3.8, 4) is 6.07 Å². The van der Waals surface area contributed by atoms with E-state index in [-0.39, 0.29) is 11.1 Å². The van der Waals surface area contributed by atoms with Crippen LogP contribution in [0, 0.1) is 23.0 Å². The summed E-state index contributed by atoms with van der Waals surface area (Å²) >= 11 is 0. The van der Waals surface area contributed by atoms with Gasteiger partial charge in [0.1, 0.15) is 11.6 Å². The normalized spacial score (nSPS) is 10.5. The van der Waals surface area contributed by atoms with E-state index in [1.807, 2.05) is 6.07 Å². The molecule has 0 aliphatic carbocycles. The summed E-state index contributed by atoms with van der Waals surface area (Å²) in [5.41, 5.74) is 0.886. The number of nitrogens with one attached hydrogen (secondary N) is 1. The number of H-pyrrole nitrogens is 1. The Morgan fingerprint density at radius 1 is 1.14 bits per heavy atom. The van der Waals surface area contributed by atoms with Crippen molar-refractivity contribution in [2.45, 2.75) is 0 Å². The van der Waals surface area contributed by atoms with Gasteiger partial charge in [-0.15, -0.1) is 0 Å². The number of nitriles is 1. The lowest BCUT2D eigenvalue weighted by Crippen LogP contribution is -2.04. The average Bonchev–Trinajstić information content (AvgIpc) is 2.90. The minimum Gasteiger partial charge on any atom is -0.360 e. The maximum Gasteiger partial charge on any atom is 0.198 e. The summed E-state index contributed by atoms with van der Waals surface area (Å²) in [7, 11) is 0. The van der Waals surface area contributed by atoms with Crippen LogP contribution in [-0.4, -0.2) is 10.8 Å².